The van der Waals surface area contributed by atoms with Gasteiger partial charge in [0.05, 0.1) is 19.3 Å². The molecule has 0 radical (unpaired) electrons. The highest BCUT2D eigenvalue weighted by Crippen LogP contribution is 2.10. The molecule has 0 saturated carbocycles. The summed E-state index contributed by atoms with van der Waals surface area (Å²) in [5.74, 6) is 0.405. The Hall–Kier alpha value is -0.650. The maximum Gasteiger partial charge on any atom is 0.0897 e. The predicted octanol–water partition coefficient (Wildman–Crippen LogP) is 1.83. The Bertz CT molecular complexity index is 359. The van der Waals surface area contributed by atoms with Crippen LogP contribution in [0.2, 0.25) is 5.02 Å². The second kappa shape index (κ2) is 10.1. The number of benzene rings is 1. The van der Waals surface area contributed by atoms with Crippen LogP contribution in [0.4, 0.5) is 0 Å². The lowest BCUT2D eigenvalue weighted by molar-refractivity contribution is 0.0285. The van der Waals surface area contributed by atoms with Crippen molar-refractivity contribution in [2.75, 3.05) is 26.3 Å². The van der Waals surface area contributed by atoms with E-state index in [1.165, 1.54) is 0 Å². The van der Waals surface area contributed by atoms with Gasteiger partial charge in [-0.2, -0.15) is 0 Å². The molecule has 0 saturated heterocycles. The van der Waals surface area contributed by atoms with Gasteiger partial charge >= 0.3 is 0 Å². The van der Waals surface area contributed by atoms with Crippen LogP contribution in [0.1, 0.15) is 18.9 Å². The first-order chi connectivity index (χ1) is 9.61. The Kier molecular flexibility index (Phi) is 8.82. The van der Waals surface area contributed by atoms with E-state index in [4.69, 9.17) is 21.4 Å². The fraction of sp³-hybridized carbons (Fsp3) is 0.600. The largest absolute Gasteiger partial charge is 0.396 e. The topological polar surface area (TPSA) is 61.7 Å². The van der Waals surface area contributed by atoms with Crippen LogP contribution < -0.4 is 5.32 Å². The number of aliphatic hydroxyl groups excluding tert-OH is 2. The average molecular weight is 302 g/mol. The number of ether oxygens (including phenoxy) is 1. The molecule has 0 fully saturated rings. The molecule has 20 heavy (non-hydrogen) atoms. The van der Waals surface area contributed by atoms with Crippen LogP contribution in [0.5, 0.6) is 0 Å². The number of halogens is 1. The minimum Gasteiger partial charge on any atom is -0.396 e. The molecule has 0 aromatic heterocycles. The molecule has 1 rings (SSSR count). The summed E-state index contributed by atoms with van der Waals surface area (Å²) < 4.78 is 5.45. The third-order valence-corrected chi connectivity index (χ3v) is 3.24. The Morgan fingerprint density at radius 1 is 1.25 bits per heavy atom. The Labute approximate surface area is 125 Å². The number of aliphatic hydroxyl groups is 2. The van der Waals surface area contributed by atoms with Gasteiger partial charge in [0.2, 0.25) is 0 Å². The molecule has 5 heteroatoms. The molecule has 2 unspecified atom stereocenters. The van der Waals surface area contributed by atoms with Crippen LogP contribution in [0, 0.1) is 5.92 Å². The number of nitrogens with one attached hydrogen (secondary N) is 1. The number of rotatable bonds is 10. The van der Waals surface area contributed by atoms with Crippen molar-refractivity contribution in [1.82, 2.24) is 5.32 Å². The van der Waals surface area contributed by atoms with Gasteiger partial charge in [0.25, 0.3) is 0 Å². The molecular weight excluding hydrogens is 278 g/mol. The van der Waals surface area contributed by atoms with Crippen LogP contribution in [-0.4, -0.2) is 42.6 Å². The number of hydrogen-bond acceptors (Lipinski definition) is 4. The summed E-state index contributed by atoms with van der Waals surface area (Å²) in [5, 5.41) is 22.4. The van der Waals surface area contributed by atoms with Crippen molar-refractivity contribution in [2.24, 2.45) is 5.92 Å². The van der Waals surface area contributed by atoms with E-state index in [0.717, 1.165) is 18.5 Å². The smallest absolute Gasteiger partial charge is 0.0897 e. The van der Waals surface area contributed by atoms with Crippen molar-refractivity contribution in [1.29, 1.82) is 0 Å². The minimum absolute atomic E-state index is 0.204. The van der Waals surface area contributed by atoms with Gasteiger partial charge in [0.15, 0.2) is 0 Å². The van der Waals surface area contributed by atoms with Crippen LogP contribution in [0.25, 0.3) is 0 Å². The normalized spacial score (nSPS) is 14.2. The van der Waals surface area contributed by atoms with Gasteiger partial charge in [0.1, 0.15) is 0 Å². The highest BCUT2D eigenvalue weighted by Gasteiger charge is 2.06. The lowest BCUT2D eigenvalue weighted by Crippen LogP contribution is -2.33. The van der Waals surface area contributed by atoms with Crippen molar-refractivity contribution < 1.29 is 14.9 Å². The lowest BCUT2D eigenvalue weighted by atomic mass is 10.1. The Morgan fingerprint density at radius 2 is 1.95 bits per heavy atom. The molecule has 0 spiro atoms. The van der Waals surface area contributed by atoms with E-state index in [9.17, 15) is 5.11 Å². The van der Waals surface area contributed by atoms with Gasteiger partial charge in [-0.1, -0.05) is 30.7 Å². The summed E-state index contributed by atoms with van der Waals surface area (Å²) in [7, 11) is 0. The maximum atomic E-state index is 9.76. The van der Waals surface area contributed by atoms with E-state index in [2.05, 4.69) is 12.2 Å². The number of hydrogen-bond donors (Lipinski definition) is 3. The lowest BCUT2D eigenvalue weighted by Gasteiger charge is -2.15. The fourth-order valence-electron chi connectivity index (χ4n) is 1.77. The summed E-state index contributed by atoms with van der Waals surface area (Å²) in [6, 6.07) is 7.45. The van der Waals surface area contributed by atoms with Crippen LogP contribution in [0.15, 0.2) is 24.3 Å². The third kappa shape index (κ3) is 7.82. The fourth-order valence-corrected chi connectivity index (χ4v) is 1.90. The second-order valence-electron chi connectivity index (χ2n) is 5.07. The van der Waals surface area contributed by atoms with Crippen molar-refractivity contribution in [3.63, 3.8) is 0 Å². The third-order valence-electron chi connectivity index (χ3n) is 2.99. The average Bonchev–Trinajstić information content (AvgIpc) is 2.41. The van der Waals surface area contributed by atoms with Crippen molar-refractivity contribution in [3.05, 3.63) is 34.9 Å². The van der Waals surface area contributed by atoms with Gasteiger partial charge in [-0.3, -0.25) is 0 Å². The van der Waals surface area contributed by atoms with Gasteiger partial charge in [-0.15, -0.1) is 0 Å². The van der Waals surface area contributed by atoms with Gasteiger partial charge in [0, 0.05) is 18.2 Å². The zero-order valence-electron chi connectivity index (χ0n) is 11.9. The van der Waals surface area contributed by atoms with Crippen molar-refractivity contribution in [3.8, 4) is 0 Å². The molecule has 0 aliphatic rings. The van der Waals surface area contributed by atoms with E-state index in [-0.39, 0.29) is 6.61 Å². The standard InChI is InChI=1S/C15H24ClNO3/c1-12(6-7-18)8-17-9-15(19)11-20-10-13-2-4-14(16)5-3-13/h2-5,12,15,17-19H,6-11H2,1H3. The molecule has 1 aromatic carbocycles. The second-order valence-corrected chi connectivity index (χ2v) is 5.51. The van der Waals surface area contributed by atoms with Gasteiger partial charge < -0.3 is 20.3 Å². The van der Waals surface area contributed by atoms with Crippen molar-refractivity contribution in [2.45, 2.75) is 26.1 Å². The summed E-state index contributed by atoms with van der Waals surface area (Å²) in [4.78, 5) is 0. The van der Waals surface area contributed by atoms with E-state index < -0.39 is 6.10 Å². The monoisotopic (exact) mass is 301 g/mol. The summed E-state index contributed by atoms with van der Waals surface area (Å²) in [5.41, 5.74) is 1.03. The first-order valence-corrected chi connectivity index (χ1v) is 7.31. The van der Waals surface area contributed by atoms with E-state index in [0.29, 0.717) is 30.7 Å². The van der Waals surface area contributed by atoms with Crippen LogP contribution in [-0.2, 0) is 11.3 Å². The molecule has 2 atom stereocenters. The first kappa shape index (κ1) is 17.4. The molecule has 0 bridgehead atoms. The molecule has 0 aliphatic heterocycles. The highest BCUT2D eigenvalue weighted by molar-refractivity contribution is 6.30. The molecular formula is C15H24ClNO3. The van der Waals surface area contributed by atoms with E-state index >= 15 is 0 Å². The van der Waals surface area contributed by atoms with E-state index in [1.807, 2.05) is 24.3 Å². The molecule has 3 N–H and O–H groups in total. The van der Waals surface area contributed by atoms with Crippen molar-refractivity contribution >= 4 is 11.6 Å². The molecule has 1 aromatic rings. The Morgan fingerprint density at radius 3 is 2.60 bits per heavy atom. The van der Waals surface area contributed by atoms with Gasteiger partial charge in [-0.05, 0) is 36.6 Å². The zero-order chi connectivity index (χ0) is 14.8. The molecule has 0 amide bonds. The summed E-state index contributed by atoms with van der Waals surface area (Å²) >= 11 is 5.80. The summed E-state index contributed by atoms with van der Waals surface area (Å²) in [6.45, 7) is 4.31. The minimum atomic E-state index is -0.524. The SMILES string of the molecule is CC(CCO)CNCC(O)COCc1ccc(Cl)cc1. The van der Waals surface area contributed by atoms with Gasteiger partial charge in [-0.25, -0.2) is 0 Å². The zero-order valence-corrected chi connectivity index (χ0v) is 12.6. The highest BCUT2D eigenvalue weighted by atomic mass is 35.5. The van der Waals surface area contributed by atoms with Crippen LogP contribution in [0.3, 0.4) is 0 Å². The first-order valence-electron chi connectivity index (χ1n) is 6.93. The predicted molar refractivity (Wildman–Crippen MR) is 80.9 cm³/mol. The van der Waals surface area contributed by atoms with E-state index in [1.54, 1.807) is 0 Å². The molecule has 4 nitrogen and oxygen atoms in total. The maximum absolute atomic E-state index is 9.76. The molecule has 0 heterocycles. The molecule has 0 aliphatic carbocycles. The molecule has 114 valence electrons. The summed E-state index contributed by atoms with van der Waals surface area (Å²) in [6.07, 6.45) is 0.250. The van der Waals surface area contributed by atoms with Crippen LogP contribution >= 0.6 is 11.6 Å². The quantitative estimate of drug-likeness (QED) is 0.617. The Balaban J connectivity index is 2.08.